The lowest BCUT2D eigenvalue weighted by Gasteiger charge is -2.37. The lowest BCUT2D eigenvalue weighted by atomic mass is 9.85. The third kappa shape index (κ3) is 18.5. The molecule has 5 aromatic carbocycles. The number of hydrogen-bond acceptors (Lipinski definition) is 18. The zero-order valence-electron chi connectivity index (χ0n) is 63.0. The number of aromatic nitrogens is 6. The van der Waals surface area contributed by atoms with Gasteiger partial charge in [0.15, 0.2) is 0 Å². The van der Waals surface area contributed by atoms with E-state index in [1.54, 1.807) is 87.7 Å². The van der Waals surface area contributed by atoms with Gasteiger partial charge in [-0.25, -0.2) is 47.3 Å². The van der Waals surface area contributed by atoms with E-state index in [0.717, 1.165) is 16.5 Å². The molecule has 4 aromatic heterocycles. The molecule has 7 atom stereocenters. The van der Waals surface area contributed by atoms with Gasteiger partial charge >= 0.3 is 30.0 Å². The molecule has 590 valence electrons. The Kier molecular flexibility index (Phi) is 24.3. The van der Waals surface area contributed by atoms with Gasteiger partial charge in [0.05, 0.1) is 76.0 Å². The summed E-state index contributed by atoms with van der Waals surface area (Å²) in [5.41, 5.74) is 3.87. The number of hydrogen-bond donors (Lipinski definition) is 12. The van der Waals surface area contributed by atoms with Crippen LogP contribution in [0.2, 0.25) is 0 Å². The molecule has 1 fully saturated rings. The first-order valence-electron chi connectivity index (χ1n) is 37.2. The summed E-state index contributed by atoms with van der Waals surface area (Å²) in [6, 6.07) is 27.9. The number of sulfonamides is 1. The van der Waals surface area contributed by atoms with Gasteiger partial charge in [0.25, 0.3) is 5.56 Å². The van der Waals surface area contributed by atoms with Crippen molar-refractivity contribution in [1.82, 2.24) is 65.7 Å². The van der Waals surface area contributed by atoms with E-state index in [4.69, 9.17) is 14.5 Å². The first kappa shape index (κ1) is 79.9. The lowest BCUT2D eigenvalue weighted by Crippen LogP contribution is -2.59. The molecular weight excluding hydrogens is 1470 g/mol. The number of para-hydroxylation sites is 3. The number of cyclic esters (lactones) is 1. The number of carbonyl (C=O) groups excluding carboxylic acids is 9. The Labute approximate surface area is 649 Å². The number of H-pyrrole nitrogens is 2. The third-order valence-electron chi connectivity index (χ3n) is 19.9. The number of pyridine rings is 2. The largest absolute Gasteiger partial charge is 0.481 e. The number of esters is 2. The summed E-state index contributed by atoms with van der Waals surface area (Å²) < 4.78 is 43.8. The van der Waals surface area contributed by atoms with Gasteiger partial charge < -0.3 is 71.2 Å². The van der Waals surface area contributed by atoms with E-state index in [9.17, 15) is 66.3 Å². The number of nitrogens with zero attached hydrogens (tertiary/aromatic N) is 5. The zero-order valence-corrected chi connectivity index (χ0v) is 63.9. The molecular formula is C80H88N16O16S. The second-order valence-electron chi connectivity index (χ2n) is 29.4. The number of rotatable bonds is 30. The van der Waals surface area contributed by atoms with Crippen LogP contribution in [-0.4, -0.2) is 151 Å². The Bertz CT molecular complexity index is 5300. The van der Waals surface area contributed by atoms with E-state index >= 15 is 0 Å². The number of anilines is 3. The smallest absolute Gasteiger partial charge is 0.355 e. The number of benzene rings is 5. The van der Waals surface area contributed by atoms with Crippen LogP contribution in [0.1, 0.15) is 121 Å². The minimum Gasteiger partial charge on any atom is -0.481 e. The third-order valence-corrected chi connectivity index (χ3v) is 21.4. The van der Waals surface area contributed by atoms with Crippen molar-refractivity contribution in [3.05, 3.63) is 184 Å². The second-order valence-corrected chi connectivity index (χ2v) is 31.1. The number of aromatic amines is 2. The minimum atomic E-state index is -4.39. The molecule has 0 spiro atoms. The molecule has 9 amide bonds. The summed E-state index contributed by atoms with van der Waals surface area (Å²) in [7, 11) is -4.39. The molecule has 1 saturated heterocycles. The quantitative estimate of drug-likeness (QED) is 0.0191. The first-order valence-corrected chi connectivity index (χ1v) is 38.7. The summed E-state index contributed by atoms with van der Waals surface area (Å²) in [4.78, 5) is 174. The Balaban J connectivity index is 0.653. The van der Waals surface area contributed by atoms with Crippen LogP contribution in [0.25, 0.3) is 44.5 Å². The average molecular weight is 1560 g/mol. The highest BCUT2D eigenvalue weighted by Crippen LogP contribution is 2.42. The van der Waals surface area contributed by atoms with Gasteiger partial charge in [0.1, 0.15) is 36.8 Å². The number of fused-ring (bicyclic) bond motifs is 6. The maximum atomic E-state index is 14.7. The van der Waals surface area contributed by atoms with Crippen LogP contribution in [0.3, 0.4) is 0 Å². The zero-order chi connectivity index (χ0) is 80.6. The number of imidazole rings is 2. The molecule has 12 N–H and O–H groups in total. The second kappa shape index (κ2) is 34.3. The van der Waals surface area contributed by atoms with Crippen LogP contribution >= 0.6 is 0 Å². The number of carboxylic acids is 1. The summed E-state index contributed by atoms with van der Waals surface area (Å²) in [5.74, 6) is -8.01. The van der Waals surface area contributed by atoms with Gasteiger partial charge in [-0.15, -0.1) is 0 Å². The van der Waals surface area contributed by atoms with Gasteiger partial charge in [0.2, 0.25) is 51.1 Å². The van der Waals surface area contributed by atoms with Gasteiger partial charge in [-0.3, -0.25) is 38.9 Å². The van der Waals surface area contributed by atoms with E-state index in [2.05, 4.69) is 67.2 Å². The van der Waals surface area contributed by atoms with Crippen molar-refractivity contribution in [2.24, 2.45) is 17.8 Å². The molecule has 7 heterocycles. The molecule has 0 aliphatic carbocycles. The predicted molar refractivity (Wildman–Crippen MR) is 416 cm³/mol. The molecule has 33 heteroatoms. The SMILES string of the molecule is CC[C@]1(OC(=O)[C@H](NC(=O)[C@@H](Cc2c[nH]cn2)NC(=O)[C@@H](CC(C)C)NC(=O)CNC(=O)[C@H](CC(C)C)NC(=O)[C@H]2CCCN2C(=O)Nc2cccc(C(CC(=O)O)NS(=O)(=O)c3ccc(-c4cccc(NC(=O)Nc5nc6ccccc6[nH]5)c4)cc3)c2)C(C)C)C(=O)OCc2c1cc1n(c2=O)Cc2cc3ccccc3nc2-1. The number of carboxylic acid groups (broad SMARTS) is 1. The van der Waals surface area contributed by atoms with E-state index in [0.29, 0.717) is 51.4 Å². The highest BCUT2D eigenvalue weighted by Gasteiger charge is 2.52. The molecule has 3 aliphatic rings. The topological polar surface area (TPSA) is 447 Å². The van der Waals surface area contributed by atoms with Crippen LogP contribution < -0.4 is 52.8 Å². The van der Waals surface area contributed by atoms with Crippen molar-refractivity contribution < 1.29 is 70.9 Å². The van der Waals surface area contributed by atoms with Crippen molar-refractivity contribution in [3.8, 4) is 22.5 Å². The summed E-state index contributed by atoms with van der Waals surface area (Å²) >= 11 is 0. The van der Waals surface area contributed by atoms with E-state index in [-0.39, 0.29) is 96.9 Å². The number of ether oxygens (including phenoxy) is 2. The fourth-order valence-electron chi connectivity index (χ4n) is 14.2. The molecule has 0 radical (unpaired) electrons. The van der Waals surface area contributed by atoms with Crippen LogP contribution in [0.4, 0.5) is 26.9 Å². The van der Waals surface area contributed by atoms with E-state index in [1.165, 1.54) is 53.8 Å². The number of aliphatic carboxylic acids is 1. The van der Waals surface area contributed by atoms with Gasteiger partial charge in [-0.05, 0) is 133 Å². The van der Waals surface area contributed by atoms with Crippen LogP contribution in [-0.2, 0) is 83.0 Å². The maximum Gasteiger partial charge on any atom is 0.355 e. The molecule has 12 rings (SSSR count). The van der Waals surface area contributed by atoms with Crippen molar-refractivity contribution in [2.75, 3.05) is 29.0 Å². The van der Waals surface area contributed by atoms with Gasteiger partial charge in [0, 0.05) is 47.1 Å². The van der Waals surface area contributed by atoms with Crippen LogP contribution in [0.5, 0.6) is 0 Å². The number of amides is 9. The predicted octanol–water partition coefficient (Wildman–Crippen LogP) is 7.78. The number of likely N-dealkylation sites (tertiary alicyclic amines) is 1. The van der Waals surface area contributed by atoms with Crippen molar-refractivity contribution in [2.45, 2.75) is 153 Å². The van der Waals surface area contributed by atoms with Gasteiger partial charge in [-0.2, -0.15) is 0 Å². The maximum absolute atomic E-state index is 14.7. The van der Waals surface area contributed by atoms with Crippen molar-refractivity contribution in [1.29, 1.82) is 0 Å². The Morgan fingerprint density at radius 3 is 2.12 bits per heavy atom. The molecule has 1 unspecified atom stereocenters. The summed E-state index contributed by atoms with van der Waals surface area (Å²) in [6.07, 6.45) is 2.56. The molecule has 0 bridgehead atoms. The standard InChI is InChI=1S/C80H88N16O16S/c1-8-80(56-36-65-69-50(32-48-16-9-10-21-57(48)87-69)40-96(65)74(104)55(56)41-111-76(80)106)112-75(105)68(45(6)7)92-72(102)63(35-53-38-81-42-83-53)88-71(101)62(31-44(4)5)86-66(97)39-82-70(100)61(30-43(2)3)89-73(103)64-24-15-29-95(64)79(108)85-52-20-14-18-49(34-52)60(37-67(98)99)94-113(109,110)54-27-25-46(26-28-54)47-17-13-19-51(33-47)84-78(107)93-77-90-58-22-11-12-23-59(58)91-77/h9-14,16-23,25-28,32-34,36,38,42-45,60-64,68,94H,8,15,24,29-31,35,37,39-41H2,1-7H3,(H,81,83)(H,82,100)(H,85,108)(H,86,97)(H,88,101)(H,89,103)(H,92,102)(H,98,99)(H3,84,90,91,93,107)/t60?,61-,62+,63+,64+,68+,80+/m0/s1. The van der Waals surface area contributed by atoms with E-state index in [1.807, 2.05) is 62.4 Å². The Hall–Kier alpha value is -12.7. The monoisotopic (exact) mass is 1560 g/mol. The molecule has 32 nitrogen and oxygen atoms in total. The van der Waals surface area contributed by atoms with Crippen LogP contribution in [0.15, 0.2) is 156 Å². The molecule has 3 aliphatic heterocycles. The normalized spacial score (nSPS) is 16.4. The molecule has 9 aromatic rings. The number of urea groups is 2. The fourth-order valence-corrected chi connectivity index (χ4v) is 15.4. The molecule has 113 heavy (non-hydrogen) atoms. The van der Waals surface area contributed by atoms with Crippen LogP contribution in [0, 0.1) is 17.8 Å². The number of nitrogens with one attached hydrogen (secondary N) is 11. The Morgan fingerprint density at radius 1 is 0.726 bits per heavy atom. The lowest BCUT2D eigenvalue weighted by molar-refractivity contribution is -0.191. The summed E-state index contributed by atoms with van der Waals surface area (Å²) in [5, 5.41) is 32.5. The van der Waals surface area contributed by atoms with Crippen molar-refractivity contribution >= 4 is 109 Å². The Morgan fingerprint density at radius 2 is 1.42 bits per heavy atom. The van der Waals surface area contributed by atoms with Crippen molar-refractivity contribution in [3.63, 3.8) is 0 Å². The van der Waals surface area contributed by atoms with E-state index < -0.39 is 136 Å². The summed E-state index contributed by atoms with van der Waals surface area (Å²) in [6.45, 7) is 11.4. The first-order chi connectivity index (χ1) is 54.0. The molecule has 0 saturated carbocycles. The number of carbonyl (C=O) groups is 10. The van der Waals surface area contributed by atoms with Gasteiger partial charge in [-0.1, -0.05) is 115 Å². The minimum absolute atomic E-state index is 0.0488. The fraction of sp³-hybridized carbons (Fsp3) is 0.350. The highest BCUT2D eigenvalue weighted by atomic mass is 32.2. The average Bonchev–Trinajstić information content (AvgIpc) is 1.68. The highest BCUT2D eigenvalue weighted by molar-refractivity contribution is 7.89.